The molecule has 0 aliphatic rings. The van der Waals surface area contributed by atoms with Crippen LogP contribution in [0.25, 0.3) is 0 Å². The minimum Gasteiger partial charge on any atom is -0.393 e. The topological polar surface area (TPSA) is 82.5 Å². The lowest BCUT2D eigenvalue weighted by atomic mass is 10.1. The van der Waals surface area contributed by atoms with E-state index in [0.717, 1.165) is 0 Å². The first kappa shape index (κ1) is 13.9. The highest BCUT2D eigenvalue weighted by molar-refractivity contribution is 6.33. The highest BCUT2D eigenvalue weighted by Gasteiger charge is 2.21. The molecule has 1 unspecified atom stereocenters. The number of hydrogen-bond donors (Lipinski definition) is 3. The number of aliphatic hydroxyl groups is 2. The maximum absolute atomic E-state index is 11.7. The van der Waals surface area contributed by atoms with E-state index in [1.54, 1.807) is 13.0 Å². The zero-order valence-corrected chi connectivity index (χ0v) is 10.5. The Kier molecular flexibility index (Phi) is 4.45. The van der Waals surface area contributed by atoms with E-state index in [9.17, 15) is 9.90 Å². The summed E-state index contributed by atoms with van der Waals surface area (Å²) in [5.41, 5.74) is -0.389. The predicted octanol–water partition coefficient (Wildman–Crippen LogP) is 0.517. The van der Waals surface area contributed by atoms with E-state index in [1.807, 2.05) is 0 Å². The number of carbonyl (C=O) groups excluding carboxylic acids is 1. The SMILES string of the molecule is Cc1cc(Cl)c(C(=O)NCC(C)(O)CO)cn1. The van der Waals surface area contributed by atoms with Gasteiger partial charge in [-0.1, -0.05) is 11.6 Å². The van der Waals surface area contributed by atoms with Crippen LogP contribution in [0.5, 0.6) is 0 Å². The molecule has 3 N–H and O–H groups in total. The summed E-state index contributed by atoms with van der Waals surface area (Å²) in [6.45, 7) is 2.69. The van der Waals surface area contributed by atoms with E-state index in [0.29, 0.717) is 10.7 Å². The number of hydrogen-bond acceptors (Lipinski definition) is 4. The number of aliphatic hydroxyl groups excluding tert-OH is 1. The molecule has 94 valence electrons. The highest BCUT2D eigenvalue weighted by Crippen LogP contribution is 2.15. The third-order valence-corrected chi connectivity index (χ3v) is 2.52. The van der Waals surface area contributed by atoms with Crippen molar-refractivity contribution in [3.05, 3.63) is 28.5 Å². The lowest BCUT2D eigenvalue weighted by Crippen LogP contribution is -2.43. The van der Waals surface area contributed by atoms with Gasteiger partial charge in [-0.15, -0.1) is 0 Å². The summed E-state index contributed by atoms with van der Waals surface area (Å²) in [4.78, 5) is 15.7. The standard InChI is InChI=1S/C11H15ClN2O3/c1-7-3-9(12)8(4-13-7)10(16)14-5-11(2,17)6-15/h3-4,15,17H,5-6H2,1-2H3,(H,14,16). The molecule has 1 amide bonds. The quantitative estimate of drug-likeness (QED) is 0.735. The van der Waals surface area contributed by atoms with Gasteiger partial charge in [0.1, 0.15) is 5.60 Å². The van der Waals surface area contributed by atoms with Crippen LogP contribution < -0.4 is 5.32 Å². The largest absolute Gasteiger partial charge is 0.393 e. The van der Waals surface area contributed by atoms with E-state index in [-0.39, 0.29) is 12.1 Å². The smallest absolute Gasteiger partial charge is 0.254 e. The van der Waals surface area contributed by atoms with Gasteiger partial charge in [-0.05, 0) is 19.9 Å². The third kappa shape index (κ3) is 3.96. The van der Waals surface area contributed by atoms with Crippen LogP contribution in [0.3, 0.4) is 0 Å². The van der Waals surface area contributed by atoms with Crippen molar-refractivity contribution in [3.8, 4) is 0 Å². The molecule has 1 heterocycles. The molecule has 17 heavy (non-hydrogen) atoms. The molecule has 5 nitrogen and oxygen atoms in total. The normalized spacial score (nSPS) is 14.2. The van der Waals surface area contributed by atoms with Crippen LogP contribution in [0.15, 0.2) is 12.3 Å². The Balaban J connectivity index is 2.71. The molecule has 0 saturated heterocycles. The van der Waals surface area contributed by atoms with Gasteiger partial charge in [0.2, 0.25) is 0 Å². The first-order chi connectivity index (χ1) is 7.85. The van der Waals surface area contributed by atoms with Crippen LogP contribution in [0.1, 0.15) is 23.0 Å². The summed E-state index contributed by atoms with van der Waals surface area (Å²) in [7, 11) is 0. The maximum Gasteiger partial charge on any atom is 0.254 e. The molecule has 0 fully saturated rings. The van der Waals surface area contributed by atoms with Crippen LogP contribution in [0, 0.1) is 6.92 Å². The van der Waals surface area contributed by atoms with Crippen LogP contribution in [0.4, 0.5) is 0 Å². The molecular formula is C11H15ClN2O3. The van der Waals surface area contributed by atoms with E-state index >= 15 is 0 Å². The van der Waals surface area contributed by atoms with E-state index in [1.165, 1.54) is 13.1 Å². The fourth-order valence-electron chi connectivity index (χ4n) is 1.12. The van der Waals surface area contributed by atoms with Crippen molar-refractivity contribution in [1.29, 1.82) is 0 Å². The van der Waals surface area contributed by atoms with Crippen molar-refractivity contribution >= 4 is 17.5 Å². The first-order valence-electron chi connectivity index (χ1n) is 5.09. The minimum atomic E-state index is -1.35. The van der Waals surface area contributed by atoms with Crippen LogP contribution in [-0.2, 0) is 0 Å². The number of pyridine rings is 1. The summed E-state index contributed by atoms with van der Waals surface area (Å²) in [6.07, 6.45) is 1.38. The number of aryl methyl sites for hydroxylation is 1. The van der Waals surface area contributed by atoms with Crippen molar-refractivity contribution in [2.45, 2.75) is 19.4 Å². The Bertz CT molecular complexity index is 421. The van der Waals surface area contributed by atoms with Crippen molar-refractivity contribution in [1.82, 2.24) is 10.3 Å². The molecule has 0 aliphatic carbocycles. The lowest BCUT2D eigenvalue weighted by Gasteiger charge is -2.20. The second-order valence-electron chi connectivity index (χ2n) is 4.14. The van der Waals surface area contributed by atoms with Crippen molar-refractivity contribution in [3.63, 3.8) is 0 Å². The van der Waals surface area contributed by atoms with E-state index in [2.05, 4.69) is 10.3 Å². The van der Waals surface area contributed by atoms with Crippen molar-refractivity contribution in [2.75, 3.05) is 13.2 Å². The summed E-state index contributed by atoms with van der Waals surface area (Å²) in [5.74, 6) is -0.434. The van der Waals surface area contributed by atoms with Gasteiger partial charge in [0.15, 0.2) is 0 Å². The first-order valence-corrected chi connectivity index (χ1v) is 5.47. The van der Waals surface area contributed by atoms with Crippen LogP contribution in [-0.4, -0.2) is 39.9 Å². The molecule has 1 aromatic rings. The second-order valence-corrected chi connectivity index (χ2v) is 4.55. The number of halogens is 1. The summed E-state index contributed by atoms with van der Waals surface area (Å²) in [6, 6.07) is 1.58. The van der Waals surface area contributed by atoms with Gasteiger partial charge in [-0.25, -0.2) is 0 Å². The maximum atomic E-state index is 11.7. The number of aromatic nitrogens is 1. The van der Waals surface area contributed by atoms with Crippen molar-refractivity contribution < 1.29 is 15.0 Å². The van der Waals surface area contributed by atoms with Gasteiger partial charge in [0, 0.05) is 18.4 Å². The molecule has 0 aromatic carbocycles. The summed E-state index contributed by atoms with van der Waals surface area (Å²) in [5, 5.41) is 21.1. The zero-order valence-electron chi connectivity index (χ0n) is 9.70. The molecule has 1 aromatic heterocycles. The molecular weight excluding hydrogens is 244 g/mol. The molecule has 1 rings (SSSR count). The van der Waals surface area contributed by atoms with Gasteiger partial charge in [0.05, 0.1) is 17.2 Å². The molecule has 0 aliphatic heterocycles. The van der Waals surface area contributed by atoms with Crippen LogP contribution >= 0.6 is 11.6 Å². The minimum absolute atomic E-state index is 0.0630. The van der Waals surface area contributed by atoms with Gasteiger partial charge in [0.25, 0.3) is 5.91 Å². The van der Waals surface area contributed by atoms with Crippen LogP contribution in [0.2, 0.25) is 5.02 Å². The number of nitrogens with zero attached hydrogens (tertiary/aromatic N) is 1. The fraction of sp³-hybridized carbons (Fsp3) is 0.455. The van der Waals surface area contributed by atoms with Gasteiger partial charge in [-0.2, -0.15) is 0 Å². The Morgan fingerprint density at radius 2 is 2.29 bits per heavy atom. The monoisotopic (exact) mass is 258 g/mol. The average molecular weight is 259 g/mol. The Morgan fingerprint density at radius 1 is 1.65 bits per heavy atom. The molecule has 0 radical (unpaired) electrons. The predicted molar refractivity (Wildman–Crippen MR) is 64.0 cm³/mol. The lowest BCUT2D eigenvalue weighted by molar-refractivity contribution is 0.00320. The Hall–Kier alpha value is -1.17. The Morgan fingerprint density at radius 3 is 2.82 bits per heavy atom. The number of carbonyl (C=O) groups is 1. The second kappa shape index (κ2) is 5.44. The van der Waals surface area contributed by atoms with Gasteiger partial charge in [-0.3, -0.25) is 9.78 Å². The summed E-state index contributed by atoms with van der Waals surface area (Å²) >= 11 is 5.90. The number of rotatable bonds is 4. The highest BCUT2D eigenvalue weighted by atomic mass is 35.5. The average Bonchev–Trinajstić information content (AvgIpc) is 2.26. The molecule has 6 heteroatoms. The number of nitrogens with one attached hydrogen (secondary N) is 1. The van der Waals surface area contributed by atoms with Gasteiger partial charge >= 0.3 is 0 Å². The Labute approximate surface area is 104 Å². The third-order valence-electron chi connectivity index (χ3n) is 2.21. The van der Waals surface area contributed by atoms with E-state index < -0.39 is 18.1 Å². The van der Waals surface area contributed by atoms with Crippen molar-refractivity contribution in [2.24, 2.45) is 0 Å². The summed E-state index contributed by atoms with van der Waals surface area (Å²) < 4.78 is 0. The molecule has 0 saturated carbocycles. The molecule has 1 atom stereocenters. The molecule has 0 bridgehead atoms. The zero-order chi connectivity index (χ0) is 13.1. The molecule has 0 spiro atoms. The fourth-order valence-corrected chi connectivity index (χ4v) is 1.41. The van der Waals surface area contributed by atoms with Gasteiger partial charge < -0.3 is 15.5 Å². The van der Waals surface area contributed by atoms with E-state index in [4.69, 9.17) is 16.7 Å². The number of amides is 1.